The lowest BCUT2D eigenvalue weighted by molar-refractivity contribution is 0.565. The summed E-state index contributed by atoms with van der Waals surface area (Å²) in [6, 6.07) is 9.86. The van der Waals surface area contributed by atoms with Crippen LogP contribution in [0.1, 0.15) is 19.4 Å². The number of sulfonamides is 1. The normalized spacial score (nSPS) is 11.3. The molecule has 0 unspecified atom stereocenters. The largest absolute Gasteiger partial charge is 0.312 e. The molecule has 0 fully saturated rings. The molecule has 0 aliphatic heterocycles. The van der Waals surface area contributed by atoms with Crippen LogP contribution in [0.15, 0.2) is 30.3 Å². The highest BCUT2D eigenvalue weighted by Gasteiger charge is 2.10. The molecule has 6 heteroatoms. The molecule has 1 aromatic rings. The van der Waals surface area contributed by atoms with E-state index in [-0.39, 0.29) is 24.2 Å². The quantitative estimate of drug-likeness (QED) is 0.749. The average Bonchev–Trinajstić information content (AvgIpc) is 2.24. The Balaban J connectivity index is 0.00000289. The van der Waals surface area contributed by atoms with Gasteiger partial charge in [0.25, 0.3) is 0 Å². The molecule has 0 aliphatic rings. The van der Waals surface area contributed by atoms with E-state index in [4.69, 9.17) is 0 Å². The van der Waals surface area contributed by atoms with E-state index in [9.17, 15) is 8.42 Å². The molecule has 0 aliphatic carbocycles. The third-order valence-electron chi connectivity index (χ3n) is 2.13. The number of benzene rings is 1. The summed E-state index contributed by atoms with van der Waals surface area (Å²) >= 11 is 0. The molecule has 0 saturated carbocycles. The van der Waals surface area contributed by atoms with Crippen molar-refractivity contribution in [2.45, 2.75) is 26.4 Å². The molecule has 0 atom stereocenters. The van der Waals surface area contributed by atoms with Crippen molar-refractivity contribution in [1.82, 2.24) is 10.0 Å². The molecule has 4 nitrogen and oxygen atoms in total. The Morgan fingerprint density at radius 2 is 1.78 bits per heavy atom. The van der Waals surface area contributed by atoms with Crippen LogP contribution in [0, 0.1) is 0 Å². The van der Waals surface area contributed by atoms with E-state index in [1.165, 1.54) is 0 Å². The maximum atomic E-state index is 11.5. The number of hydrogen-bond acceptors (Lipinski definition) is 3. The lowest BCUT2D eigenvalue weighted by Gasteiger charge is -2.10. The number of rotatable bonds is 7. The highest BCUT2D eigenvalue weighted by molar-refractivity contribution is 7.89. The van der Waals surface area contributed by atoms with E-state index in [2.05, 4.69) is 10.0 Å². The third-order valence-corrected chi connectivity index (χ3v) is 3.71. The Labute approximate surface area is 116 Å². The van der Waals surface area contributed by atoms with Crippen LogP contribution in [0.5, 0.6) is 0 Å². The van der Waals surface area contributed by atoms with Gasteiger partial charge in [-0.2, -0.15) is 0 Å². The van der Waals surface area contributed by atoms with Crippen molar-refractivity contribution in [1.29, 1.82) is 0 Å². The monoisotopic (exact) mass is 292 g/mol. The van der Waals surface area contributed by atoms with Crippen LogP contribution >= 0.6 is 12.4 Å². The van der Waals surface area contributed by atoms with Crippen LogP contribution in [0.2, 0.25) is 0 Å². The summed E-state index contributed by atoms with van der Waals surface area (Å²) in [6.07, 6.45) is 0. The fourth-order valence-electron chi connectivity index (χ4n) is 1.45. The molecular formula is C12H21ClN2O2S. The summed E-state index contributed by atoms with van der Waals surface area (Å²) < 4.78 is 25.6. The van der Waals surface area contributed by atoms with Gasteiger partial charge in [0.05, 0.1) is 5.75 Å². The molecule has 1 aromatic carbocycles. The van der Waals surface area contributed by atoms with Gasteiger partial charge in [-0.1, -0.05) is 30.3 Å². The van der Waals surface area contributed by atoms with Crippen LogP contribution in [0.25, 0.3) is 0 Å². The van der Waals surface area contributed by atoms with Gasteiger partial charge in [-0.15, -0.1) is 12.4 Å². The summed E-state index contributed by atoms with van der Waals surface area (Å²) in [6.45, 7) is 4.78. The van der Waals surface area contributed by atoms with Gasteiger partial charge in [0.2, 0.25) is 10.0 Å². The van der Waals surface area contributed by atoms with Crippen molar-refractivity contribution in [3.8, 4) is 0 Å². The maximum absolute atomic E-state index is 11.5. The summed E-state index contributed by atoms with van der Waals surface area (Å²) in [4.78, 5) is 0. The molecular weight excluding hydrogens is 272 g/mol. The van der Waals surface area contributed by atoms with Crippen molar-refractivity contribution in [3.05, 3.63) is 35.9 Å². The summed E-state index contributed by atoms with van der Waals surface area (Å²) in [7, 11) is -3.15. The zero-order valence-electron chi connectivity index (χ0n) is 10.7. The van der Waals surface area contributed by atoms with Gasteiger partial charge < -0.3 is 5.32 Å². The molecule has 0 spiro atoms. The van der Waals surface area contributed by atoms with Gasteiger partial charge in [0.15, 0.2) is 0 Å². The van der Waals surface area contributed by atoms with E-state index in [0.717, 1.165) is 5.56 Å². The van der Waals surface area contributed by atoms with Gasteiger partial charge in [-0.3, -0.25) is 0 Å². The van der Waals surface area contributed by atoms with Crippen LogP contribution in [0.3, 0.4) is 0 Å². The first-order chi connectivity index (χ1) is 7.99. The minimum absolute atomic E-state index is 0. The first-order valence-corrected chi connectivity index (χ1v) is 7.39. The summed E-state index contributed by atoms with van der Waals surface area (Å²) in [5.41, 5.74) is 1.15. The van der Waals surface area contributed by atoms with Crippen LogP contribution < -0.4 is 10.0 Å². The van der Waals surface area contributed by atoms with E-state index < -0.39 is 10.0 Å². The second-order valence-corrected chi connectivity index (χ2v) is 6.13. The molecule has 0 aromatic heterocycles. The minimum atomic E-state index is -3.15. The molecule has 1 rings (SSSR count). The maximum Gasteiger partial charge on any atom is 0.213 e. The molecule has 2 N–H and O–H groups in total. The van der Waals surface area contributed by atoms with Crippen LogP contribution in [0.4, 0.5) is 0 Å². The molecule has 0 radical (unpaired) electrons. The van der Waals surface area contributed by atoms with Crippen molar-refractivity contribution >= 4 is 22.4 Å². The molecule has 0 amide bonds. The minimum Gasteiger partial charge on any atom is -0.312 e. The molecule has 18 heavy (non-hydrogen) atoms. The standard InChI is InChI=1S/C12H20N2O2S.ClH/c1-11(2)14-17(15,16)9-8-13-10-12-6-4-3-5-7-12;/h3-7,11,13-14H,8-10H2,1-2H3;1H. The average molecular weight is 293 g/mol. The van der Waals surface area contributed by atoms with Gasteiger partial charge in [0, 0.05) is 19.1 Å². The summed E-state index contributed by atoms with van der Waals surface area (Å²) in [5, 5.41) is 3.11. The van der Waals surface area contributed by atoms with E-state index >= 15 is 0 Å². The predicted molar refractivity (Wildman–Crippen MR) is 77.5 cm³/mol. The first kappa shape index (κ1) is 17.4. The molecule has 0 heterocycles. The van der Waals surface area contributed by atoms with Crippen LogP contribution in [-0.2, 0) is 16.6 Å². The van der Waals surface area contributed by atoms with Crippen molar-refractivity contribution in [2.24, 2.45) is 0 Å². The SMILES string of the molecule is CC(C)NS(=O)(=O)CCNCc1ccccc1.Cl. The van der Waals surface area contributed by atoms with Crippen molar-refractivity contribution < 1.29 is 8.42 Å². The second kappa shape index (κ2) is 8.48. The Bertz CT molecular complexity index is 421. The highest BCUT2D eigenvalue weighted by atomic mass is 35.5. The fraction of sp³-hybridized carbons (Fsp3) is 0.500. The van der Waals surface area contributed by atoms with Gasteiger partial charge in [-0.25, -0.2) is 13.1 Å². The van der Waals surface area contributed by atoms with Gasteiger partial charge in [0.1, 0.15) is 0 Å². The first-order valence-electron chi connectivity index (χ1n) is 5.74. The topological polar surface area (TPSA) is 58.2 Å². The Morgan fingerprint density at radius 3 is 2.33 bits per heavy atom. The van der Waals surface area contributed by atoms with Crippen molar-refractivity contribution in [2.75, 3.05) is 12.3 Å². The van der Waals surface area contributed by atoms with Gasteiger partial charge in [-0.05, 0) is 19.4 Å². The zero-order chi connectivity index (χ0) is 12.7. The number of hydrogen-bond donors (Lipinski definition) is 2. The Hall–Kier alpha value is -0.620. The second-order valence-electron chi connectivity index (χ2n) is 4.25. The van der Waals surface area contributed by atoms with Gasteiger partial charge >= 0.3 is 0 Å². The Morgan fingerprint density at radius 1 is 1.17 bits per heavy atom. The molecule has 104 valence electrons. The third kappa shape index (κ3) is 7.66. The fourth-order valence-corrected chi connectivity index (χ4v) is 2.70. The molecule has 0 bridgehead atoms. The molecule has 0 saturated heterocycles. The lowest BCUT2D eigenvalue weighted by Crippen LogP contribution is -2.35. The van der Waals surface area contributed by atoms with Crippen LogP contribution in [-0.4, -0.2) is 26.8 Å². The predicted octanol–water partition coefficient (Wildman–Crippen LogP) is 1.53. The highest BCUT2D eigenvalue weighted by Crippen LogP contribution is 1.97. The lowest BCUT2D eigenvalue weighted by atomic mass is 10.2. The zero-order valence-corrected chi connectivity index (χ0v) is 12.4. The number of nitrogens with one attached hydrogen (secondary N) is 2. The van der Waals surface area contributed by atoms with Crippen molar-refractivity contribution in [3.63, 3.8) is 0 Å². The van der Waals surface area contributed by atoms with E-state index in [1.807, 2.05) is 44.2 Å². The smallest absolute Gasteiger partial charge is 0.213 e. The summed E-state index contributed by atoms with van der Waals surface area (Å²) in [5.74, 6) is 0.109. The number of halogens is 1. The Kier molecular flexibility index (Phi) is 8.18. The van der Waals surface area contributed by atoms with E-state index in [0.29, 0.717) is 13.1 Å². The van der Waals surface area contributed by atoms with E-state index in [1.54, 1.807) is 0 Å².